The number of hydrogen-bond acceptors (Lipinski definition) is 4. The lowest BCUT2D eigenvalue weighted by Gasteiger charge is -2.22. The molecule has 0 radical (unpaired) electrons. The van der Waals surface area contributed by atoms with Gasteiger partial charge in [-0.1, -0.05) is 0 Å². The van der Waals surface area contributed by atoms with Gasteiger partial charge in [0.15, 0.2) is 0 Å². The monoisotopic (exact) mass is 256 g/mol. The number of ether oxygens (including phenoxy) is 1. The largest absolute Gasteiger partial charge is 0.465 e. The third kappa shape index (κ3) is 3.45. The van der Waals surface area contributed by atoms with Crippen molar-refractivity contribution in [1.29, 1.82) is 0 Å². The van der Waals surface area contributed by atoms with Gasteiger partial charge in [-0.25, -0.2) is 0 Å². The van der Waals surface area contributed by atoms with Gasteiger partial charge in [0, 0.05) is 26.6 Å². The molecule has 1 aliphatic heterocycles. The third-order valence-corrected chi connectivity index (χ3v) is 3.01. The first-order valence-corrected chi connectivity index (χ1v) is 6.17. The molecule has 0 aromatic carbocycles. The van der Waals surface area contributed by atoms with Crippen LogP contribution in [-0.2, 0) is 19.1 Å². The van der Waals surface area contributed by atoms with E-state index in [1.165, 1.54) is 4.90 Å². The molecule has 1 heterocycles. The molecule has 0 aliphatic carbocycles. The second kappa shape index (κ2) is 6.37. The average Bonchev–Trinajstić information content (AvgIpc) is 2.66. The molecule has 1 saturated heterocycles. The lowest BCUT2D eigenvalue weighted by atomic mass is 10.1. The third-order valence-electron chi connectivity index (χ3n) is 3.01. The number of nitrogens with zero attached hydrogens (tertiary/aromatic N) is 2. The van der Waals surface area contributed by atoms with E-state index >= 15 is 0 Å². The molecule has 0 spiro atoms. The molecule has 2 amide bonds. The maximum atomic E-state index is 12.1. The van der Waals surface area contributed by atoms with Crippen LogP contribution >= 0.6 is 0 Å². The van der Waals surface area contributed by atoms with Gasteiger partial charge in [-0.05, 0) is 13.8 Å². The summed E-state index contributed by atoms with van der Waals surface area (Å²) < 4.78 is 4.82. The van der Waals surface area contributed by atoms with Gasteiger partial charge in [0.05, 0.1) is 12.5 Å². The Kier molecular flexibility index (Phi) is 5.12. The van der Waals surface area contributed by atoms with E-state index < -0.39 is 5.97 Å². The Morgan fingerprint density at radius 3 is 2.56 bits per heavy atom. The minimum absolute atomic E-state index is 0.0273. The maximum Gasteiger partial charge on any atom is 0.325 e. The lowest BCUT2D eigenvalue weighted by Crippen LogP contribution is -2.40. The van der Waals surface area contributed by atoms with Crippen molar-refractivity contribution in [3.63, 3.8) is 0 Å². The van der Waals surface area contributed by atoms with E-state index in [1.54, 1.807) is 25.8 Å². The molecule has 0 N–H and O–H groups in total. The fraction of sp³-hybridized carbons (Fsp3) is 0.750. The van der Waals surface area contributed by atoms with E-state index in [0.717, 1.165) is 0 Å². The normalized spacial score (nSPS) is 18.9. The van der Waals surface area contributed by atoms with Crippen LogP contribution < -0.4 is 0 Å². The first-order valence-electron chi connectivity index (χ1n) is 6.17. The van der Waals surface area contributed by atoms with Crippen LogP contribution in [0.4, 0.5) is 0 Å². The molecule has 102 valence electrons. The van der Waals surface area contributed by atoms with Gasteiger partial charge in [-0.3, -0.25) is 14.4 Å². The molecule has 1 rings (SSSR count). The summed E-state index contributed by atoms with van der Waals surface area (Å²) in [5.41, 5.74) is 0. The number of likely N-dealkylation sites (N-methyl/N-ethyl adjacent to an activating group) is 1. The zero-order valence-corrected chi connectivity index (χ0v) is 11.1. The molecule has 0 saturated carbocycles. The number of carbonyl (C=O) groups excluding carboxylic acids is 3. The van der Waals surface area contributed by atoms with Crippen LogP contribution in [0.25, 0.3) is 0 Å². The SMILES string of the molecule is CCOC(=O)CN(CC)C(=O)C1CC(=O)N(C)C1. The highest BCUT2D eigenvalue weighted by Gasteiger charge is 2.34. The van der Waals surface area contributed by atoms with Crippen LogP contribution in [0, 0.1) is 5.92 Å². The van der Waals surface area contributed by atoms with Crippen molar-refractivity contribution < 1.29 is 19.1 Å². The second-order valence-corrected chi connectivity index (χ2v) is 4.33. The second-order valence-electron chi connectivity index (χ2n) is 4.33. The van der Waals surface area contributed by atoms with E-state index in [-0.39, 0.29) is 30.7 Å². The Hall–Kier alpha value is -1.59. The van der Waals surface area contributed by atoms with E-state index in [9.17, 15) is 14.4 Å². The van der Waals surface area contributed by atoms with Crippen molar-refractivity contribution in [2.75, 3.05) is 33.3 Å². The number of rotatable bonds is 5. The number of carbonyl (C=O) groups is 3. The number of amides is 2. The van der Waals surface area contributed by atoms with Gasteiger partial charge in [0.2, 0.25) is 11.8 Å². The fourth-order valence-corrected chi connectivity index (χ4v) is 2.00. The van der Waals surface area contributed by atoms with E-state index in [1.807, 2.05) is 0 Å². The van der Waals surface area contributed by atoms with Crippen molar-refractivity contribution in [3.8, 4) is 0 Å². The Bertz CT molecular complexity index is 343. The molecule has 0 bridgehead atoms. The van der Waals surface area contributed by atoms with Crippen LogP contribution in [0.2, 0.25) is 0 Å². The standard InChI is InChI=1S/C12H20N2O4/c1-4-14(8-11(16)18-5-2)12(17)9-6-10(15)13(3)7-9/h9H,4-8H2,1-3H3. The van der Waals surface area contributed by atoms with Gasteiger partial charge in [-0.15, -0.1) is 0 Å². The van der Waals surface area contributed by atoms with Crippen LogP contribution in [0.5, 0.6) is 0 Å². The topological polar surface area (TPSA) is 66.9 Å². The molecule has 1 unspecified atom stereocenters. The van der Waals surface area contributed by atoms with Gasteiger partial charge in [0.1, 0.15) is 6.54 Å². The minimum Gasteiger partial charge on any atom is -0.465 e. The summed E-state index contributed by atoms with van der Waals surface area (Å²) in [7, 11) is 1.68. The highest BCUT2D eigenvalue weighted by Crippen LogP contribution is 2.18. The predicted molar refractivity (Wildman–Crippen MR) is 64.6 cm³/mol. The summed E-state index contributed by atoms with van der Waals surface area (Å²) in [5.74, 6) is -0.925. The Labute approximate surface area is 107 Å². The van der Waals surface area contributed by atoms with E-state index in [0.29, 0.717) is 19.7 Å². The highest BCUT2D eigenvalue weighted by atomic mass is 16.5. The molecule has 0 aromatic heterocycles. The van der Waals surface area contributed by atoms with Crippen LogP contribution in [-0.4, -0.2) is 60.9 Å². The molecule has 0 aromatic rings. The molecular formula is C12H20N2O4. The number of likely N-dealkylation sites (tertiary alicyclic amines) is 1. The van der Waals surface area contributed by atoms with Crippen molar-refractivity contribution in [3.05, 3.63) is 0 Å². The molecule has 1 aliphatic rings. The summed E-state index contributed by atoms with van der Waals surface area (Å²) in [6, 6.07) is 0. The lowest BCUT2D eigenvalue weighted by molar-refractivity contribution is -0.150. The van der Waals surface area contributed by atoms with Gasteiger partial charge in [0.25, 0.3) is 0 Å². The first kappa shape index (κ1) is 14.5. The van der Waals surface area contributed by atoms with Gasteiger partial charge < -0.3 is 14.5 Å². The van der Waals surface area contributed by atoms with Crippen LogP contribution in [0.3, 0.4) is 0 Å². The van der Waals surface area contributed by atoms with Crippen LogP contribution in [0.15, 0.2) is 0 Å². The van der Waals surface area contributed by atoms with Gasteiger partial charge in [-0.2, -0.15) is 0 Å². The highest BCUT2D eigenvalue weighted by molar-refractivity contribution is 5.90. The Balaban J connectivity index is 2.57. The summed E-state index contributed by atoms with van der Waals surface area (Å²) in [6.45, 7) is 4.65. The van der Waals surface area contributed by atoms with Crippen LogP contribution in [0.1, 0.15) is 20.3 Å². The number of esters is 1. The zero-order chi connectivity index (χ0) is 13.7. The minimum atomic E-state index is -0.412. The first-order chi connectivity index (χ1) is 8.49. The predicted octanol–water partition coefficient (Wildman–Crippen LogP) is -0.124. The van der Waals surface area contributed by atoms with Crippen molar-refractivity contribution in [2.24, 2.45) is 5.92 Å². The van der Waals surface area contributed by atoms with Gasteiger partial charge >= 0.3 is 5.97 Å². The average molecular weight is 256 g/mol. The smallest absolute Gasteiger partial charge is 0.325 e. The molecule has 1 fully saturated rings. The summed E-state index contributed by atoms with van der Waals surface area (Å²) in [4.78, 5) is 37.9. The zero-order valence-electron chi connectivity index (χ0n) is 11.1. The quantitative estimate of drug-likeness (QED) is 0.643. The molecule has 1 atom stereocenters. The Morgan fingerprint density at radius 1 is 1.44 bits per heavy atom. The van der Waals surface area contributed by atoms with Crippen molar-refractivity contribution >= 4 is 17.8 Å². The Morgan fingerprint density at radius 2 is 2.11 bits per heavy atom. The van der Waals surface area contributed by atoms with Crippen molar-refractivity contribution in [1.82, 2.24) is 9.80 Å². The molecule has 18 heavy (non-hydrogen) atoms. The number of hydrogen-bond donors (Lipinski definition) is 0. The van der Waals surface area contributed by atoms with E-state index in [4.69, 9.17) is 4.74 Å². The molecular weight excluding hydrogens is 236 g/mol. The summed E-state index contributed by atoms with van der Waals surface area (Å²) >= 11 is 0. The fourth-order valence-electron chi connectivity index (χ4n) is 2.00. The summed E-state index contributed by atoms with van der Waals surface area (Å²) in [6.07, 6.45) is 0.231. The summed E-state index contributed by atoms with van der Waals surface area (Å²) in [5, 5.41) is 0. The van der Waals surface area contributed by atoms with E-state index in [2.05, 4.69) is 0 Å². The maximum absolute atomic E-state index is 12.1. The molecule has 6 heteroatoms. The van der Waals surface area contributed by atoms with Crippen molar-refractivity contribution in [2.45, 2.75) is 20.3 Å². The molecule has 6 nitrogen and oxygen atoms in total.